The lowest BCUT2D eigenvalue weighted by atomic mass is 9.84. The Morgan fingerprint density at radius 2 is 1.81 bits per heavy atom. The maximum Gasteiger partial charge on any atom is 0.342 e. The number of halogens is 1. The van der Waals surface area contributed by atoms with E-state index in [1.165, 1.54) is 12.1 Å². The van der Waals surface area contributed by atoms with E-state index in [1.54, 1.807) is 20.8 Å². The van der Waals surface area contributed by atoms with Crippen LogP contribution in [0.25, 0.3) is 0 Å². The van der Waals surface area contributed by atoms with Gasteiger partial charge >= 0.3 is 5.97 Å². The van der Waals surface area contributed by atoms with Crippen molar-refractivity contribution in [1.82, 2.24) is 5.32 Å². The molecule has 1 fully saturated rings. The molecular weight excluding hydrogens is 485 g/mol. The molecular formula is C25H38FN3O6Si. The van der Waals surface area contributed by atoms with Crippen LogP contribution < -0.4 is 16.0 Å². The van der Waals surface area contributed by atoms with Gasteiger partial charge in [-0.3, -0.25) is 19.3 Å². The summed E-state index contributed by atoms with van der Waals surface area (Å²) in [6.07, 6.45) is -0.945. The summed E-state index contributed by atoms with van der Waals surface area (Å²) < 4.78 is 25.2. The molecule has 4 atom stereocenters. The molecule has 36 heavy (non-hydrogen) atoms. The number of amides is 3. The zero-order valence-corrected chi connectivity index (χ0v) is 23.3. The molecule has 0 aromatic heterocycles. The fraction of sp³-hybridized carbons (Fsp3) is 0.600. The van der Waals surface area contributed by atoms with E-state index in [4.69, 9.17) is 14.9 Å². The van der Waals surface area contributed by atoms with Gasteiger partial charge in [0.15, 0.2) is 8.32 Å². The summed E-state index contributed by atoms with van der Waals surface area (Å²) in [5.41, 5.74) is 3.68. The van der Waals surface area contributed by atoms with E-state index in [9.17, 15) is 23.6 Å². The van der Waals surface area contributed by atoms with Crippen molar-refractivity contribution in [1.29, 1.82) is 0 Å². The summed E-state index contributed by atoms with van der Waals surface area (Å²) in [5.74, 6) is -4.60. The molecule has 200 valence electrons. The molecule has 4 unspecified atom stereocenters. The molecule has 0 aliphatic carbocycles. The maximum atomic E-state index is 13.9. The van der Waals surface area contributed by atoms with Gasteiger partial charge in [-0.15, -0.1) is 0 Å². The SMILES string of the molecule is CCOC(=O)C1(C(=O)NC(C(N)=O)C(C)O[Si](C)(C)C(C)(C)C)C(C)CC(=O)N1c1ccc(F)cc1. The third kappa shape index (κ3) is 5.46. The third-order valence-corrected chi connectivity index (χ3v) is 11.7. The summed E-state index contributed by atoms with van der Waals surface area (Å²) in [6.45, 7) is 14.8. The Morgan fingerprint density at radius 3 is 2.28 bits per heavy atom. The Balaban J connectivity index is 2.55. The number of primary amides is 1. The number of carbonyl (C=O) groups excluding carboxylic acids is 4. The minimum absolute atomic E-state index is 0.0455. The summed E-state index contributed by atoms with van der Waals surface area (Å²) in [7, 11) is -2.36. The Labute approximate surface area is 213 Å². The largest absolute Gasteiger partial charge is 0.464 e. The highest BCUT2D eigenvalue weighted by molar-refractivity contribution is 6.74. The lowest BCUT2D eigenvalue weighted by Gasteiger charge is -2.41. The quantitative estimate of drug-likeness (QED) is 0.291. The van der Waals surface area contributed by atoms with Crippen molar-refractivity contribution in [3.8, 4) is 0 Å². The number of esters is 1. The molecule has 3 N–H and O–H groups in total. The van der Waals surface area contributed by atoms with Crippen molar-refractivity contribution in [2.75, 3.05) is 11.5 Å². The van der Waals surface area contributed by atoms with Crippen LogP contribution in [0.15, 0.2) is 24.3 Å². The summed E-state index contributed by atoms with van der Waals surface area (Å²) in [4.78, 5) is 53.9. The first-order valence-corrected chi connectivity index (χ1v) is 15.0. The number of nitrogens with zero attached hydrogens (tertiary/aromatic N) is 1. The molecule has 0 radical (unpaired) electrons. The molecule has 1 saturated heterocycles. The lowest BCUT2D eigenvalue weighted by molar-refractivity contribution is -0.157. The normalized spacial score (nSPS) is 22.2. The van der Waals surface area contributed by atoms with Crippen LogP contribution >= 0.6 is 0 Å². The van der Waals surface area contributed by atoms with Crippen LogP contribution in [0, 0.1) is 11.7 Å². The fourth-order valence-corrected chi connectivity index (χ4v) is 5.61. The Bertz CT molecular complexity index is 1010. The Kier molecular flexibility index (Phi) is 8.73. The number of nitrogens with one attached hydrogen (secondary N) is 1. The van der Waals surface area contributed by atoms with Crippen molar-refractivity contribution in [2.24, 2.45) is 11.7 Å². The van der Waals surface area contributed by atoms with Crippen molar-refractivity contribution in [2.45, 2.75) is 83.8 Å². The van der Waals surface area contributed by atoms with E-state index in [-0.39, 0.29) is 23.8 Å². The summed E-state index contributed by atoms with van der Waals surface area (Å²) >= 11 is 0. The minimum atomic E-state index is -2.36. The second kappa shape index (κ2) is 10.7. The van der Waals surface area contributed by atoms with Gasteiger partial charge in [0.1, 0.15) is 11.9 Å². The molecule has 0 saturated carbocycles. The van der Waals surface area contributed by atoms with E-state index in [0.717, 1.165) is 17.0 Å². The zero-order valence-electron chi connectivity index (χ0n) is 22.3. The molecule has 0 bridgehead atoms. The van der Waals surface area contributed by atoms with Gasteiger partial charge in [0.05, 0.1) is 12.7 Å². The van der Waals surface area contributed by atoms with E-state index in [2.05, 4.69) is 5.32 Å². The second-order valence-electron chi connectivity index (χ2n) is 10.7. The van der Waals surface area contributed by atoms with Crippen LogP contribution in [0.2, 0.25) is 18.1 Å². The zero-order chi connectivity index (χ0) is 27.6. The van der Waals surface area contributed by atoms with Crippen molar-refractivity contribution in [3.05, 3.63) is 30.1 Å². The predicted molar refractivity (Wildman–Crippen MR) is 136 cm³/mol. The van der Waals surface area contributed by atoms with Gasteiger partial charge < -0.3 is 20.2 Å². The molecule has 1 aromatic rings. The van der Waals surface area contributed by atoms with E-state index >= 15 is 0 Å². The molecule has 1 aromatic carbocycles. The van der Waals surface area contributed by atoms with Crippen LogP contribution in [0.5, 0.6) is 0 Å². The Morgan fingerprint density at radius 1 is 1.25 bits per heavy atom. The van der Waals surface area contributed by atoms with Crippen molar-refractivity contribution >= 4 is 37.7 Å². The molecule has 2 rings (SSSR count). The summed E-state index contributed by atoms with van der Waals surface area (Å²) in [6, 6.07) is 3.58. The van der Waals surface area contributed by atoms with Gasteiger partial charge in [-0.1, -0.05) is 27.7 Å². The maximum absolute atomic E-state index is 13.9. The van der Waals surface area contributed by atoms with Gasteiger partial charge in [0, 0.05) is 18.0 Å². The van der Waals surface area contributed by atoms with E-state index < -0.39 is 61.4 Å². The van der Waals surface area contributed by atoms with Crippen LogP contribution in [-0.4, -0.2) is 56.3 Å². The molecule has 1 aliphatic heterocycles. The molecule has 1 heterocycles. The van der Waals surface area contributed by atoms with E-state index in [0.29, 0.717) is 0 Å². The first-order valence-electron chi connectivity index (χ1n) is 12.0. The molecule has 3 amide bonds. The average Bonchev–Trinajstić information content (AvgIpc) is 3.01. The van der Waals surface area contributed by atoms with Gasteiger partial charge in [-0.05, 0) is 56.2 Å². The highest BCUT2D eigenvalue weighted by Crippen LogP contribution is 2.41. The monoisotopic (exact) mass is 523 g/mol. The molecule has 11 heteroatoms. The van der Waals surface area contributed by atoms with Crippen molar-refractivity contribution < 1.29 is 32.7 Å². The second-order valence-corrected chi connectivity index (χ2v) is 15.5. The molecule has 1 aliphatic rings. The topological polar surface area (TPSA) is 128 Å². The number of benzene rings is 1. The molecule has 9 nitrogen and oxygen atoms in total. The van der Waals surface area contributed by atoms with Gasteiger partial charge in [-0.25, -0.2) is 9.18 Å². The third-order valence-electron chi connectivity index (χ3n) is 7.16. The number of hydrogen-bond acceptors (Lipinski definition) is 6. The number of ether oxygens (including phenoxy) is 1. The van der Waals surface area contributed by atoms with Gasteiger partial charge in [-0.2, -0.15) is 0 Å². The fourth-order valence-electron chi connectivity index (χ4n) is 4.19. The number of rotatable bonds is 9. The predicted octanol–water partition coefficient (Wildman–Crippen LogP) is 2.88. The van der Waals surface area contributed by atoms with Crippen LogP contribution in [0.3, 0.4) is 0 Å². The smallest absolute Gasteiger partial charge is 0.342 e. The number of hydrogen-bond donors (Lipinski definition) is 2. The highest BCUT2D eigenvalue weighted by Gasteiger charge is 2.63. The molecule has 0 spiro atoms. The number of anilines is 1. The minimum Gasteiger partial charge on any atom is -0.464 e. The first kappa shape index (κ1) is 29.4. The van der Waals surface area contributed by atoms with E-state index in [1.807, 2.05) is 33.9 Å². The van der Waals surface area contributed by atoms with Gasteiger partial charge in [0.2, 0.25) is 17.4 Å². The Hall–Kier alpha value is -2.79. The van der Waals surface area contributed by atoms with Gasteiger partial charge in [0.25, 0.3) is 5.91 Å². The first-order chi connectivity index (χ1) is 16.5. The highest BCUT2D eigenvalue weighted by atomic mass is 28.4. The van der Waals surface area contributed by atoms with Crippen molar-refractivity contribution in [3.63, 3.8) is 0 Å². The summed E-state index contributed by atoms with van der Waals surface area (Å²) in [5, 5.41) is 2.41. The average molecular weight is 524 g/mol. The van der Waals surface area contributed by atoms with Crippen LogP contribution in [-0.2, 0) is 28.3 Å². The lowest BCUT2D eigenvalue weighted by Crippen LogP contribution is -2.68. The standard InChI is InChI=1S/C25H38FN3O6Si/c1-9-34-23(33)25(15(2)14-19(30)29(25)18-12-10-17(26)11-13-18)22(32)28-20(21(27)31)16(3)35-36(7,8)24(4,5)6/h10-13,15-16,20H,9,14H2,1-8H3,(H2,27,31)(H,28,32). The number of carbonyl (C=O) groups is 4. The number of nitrogens with two attached hydrogens (primary N) is 1. The van der Waals surface area contributed by atoms with Crippen LogP contribution in [0.4, 0.5) is 10.1 Å². The van der Waals surface area contributed by atoms with Crippen LogP contribution in [0.1, 0.15) is 48.0 Å².